The monoisotopic (exact) mass is 278 g/mol. The quantitative estimate of drug-likeness (QED) is 0.792. The van der Waals surface area contributed by atoms with E-state index in [0.29, 0.717) is 24.5 Å². The van der Waals surface area contributed by atoms with Crippen molar-refractivity contribution in [3.8, 4) is 0 Å². The third kappa shape index (κ3) is 4.25. The van der Waals surface area contributed by atoms with Gasteiger partial charge in [0.2, 0.25) is 5.89 Å². The molecule has 0 saturated carbocycles. The number of rotatable bonds is 6. The summed E-state index contributed by atoms with van der Waals surface area (Å²) in [5, 5.41) is 14.3. The van der Waals surface area contributed by atoms with E-state index in [2.05, 4.69) is 40.7 Å². The van der Waals surface area contributed by atoms with Crippen LogP contribution in [0.2, 0.25) is 0 Å². The summed E-state index contributed by atoms with van der Waals surface area (Å²) >= 11 is 1.69. The Labute approximate surface area is 117 Å². The minimum absolute atomic E-state index is 0.390. The van der Waals surface area contributed by atoms with Gasteiger partial charge in [-0.2, -0.15) is 0 Å². The summed E-state index contributed by atoms with van der Waals surface area (Å²) in [4.78, 5) is 1.19. The lowest BCUT2D eigenvalue weighted by Crippen LogP contribution is -2.21. The highest BCUT2D eigenvalue weighted by molar-refractivity contribution is 7.98. The lowest BCUT2D eigenvalue weighted by atomic mass is 10.3. The molecule has 0 spiro atoms. The largest absolute Gasteiger partial charge is 0.406 e. The van der Waals surface area contributed by atoms with Gasteiger partial charge in [-0.25, -0.2) is 0 Å². The predicted octanol–water partition coefficient (Wildman–Crippen LogP) is 3.03. The zero-order valence-electron chi connectivity index (χ0n) is 11.3. The van der Waals surface area contributed by atoms with E-state index in [1.54, 1.807) is 11.8 Å². The van der Waals surface area contributed by atoms with Crippen molar-refractivity contribution in [3.05, 3.63) is 30.2 Å². The van der Waals surface area contributed by atoms with Crippen LogP contribution in [0.4, 0.5) is 11.7 Å². The molecule has 0 bridgehead atoms. The number of hydrogen-bond acceptors (Lipinski definition) is 6. The van der Waals surface area contributed by atoms with Crippen LogP contribution in [0.1, 0.15) is 19.7 Å². The van der Waals surface area contributed by atoms with Gasteiger partial charge in [-0.15, -0.1) is 16.9 Å². The second-order valence-corrected chi connectivity index (χ2v) is 5.27. The van der Waals surface area contributed by atoms with E-state index in [1.807, 2.05) is 24.5 Å². The smallest absolute Gasteiger partial charge is 0.320 e. The average molecular weight is 278 g/mol. The Morgan fingerprint density at radius 2 is 2.16 bits per heavy atom. The molecule has 1 aromatic heterocycles. The van der Waals surface area contributed by atoms with Crippen molar-refractivity contribution in [1.82, 2.24) is 15.5 Å². The zero-order valence-corrected chi connectivity index (χ0v) is 12.1. The molecule has 0 aliphatic heterocycles. The highest BCUT2D eigenvalue weighted by Gasteiger charge is 2.06. The van der Waals surface area contributed by atoms with Gasteiger partial charge in [-0.1, -0.05) is 25.0 Å². The van der Waals surface area contributed by atoms with Gasteiger partial charge in [0.1, 0.15) is 0 Å². The van der Waals surface area contributed by atoms with Gasteiger partial charge >= 0.3 is 6.01 Å². The second-order valence-electron chi connectivity index (χ2n) is 4.39. The topological polar surface area (TPSA) is 63.0 Å². The fourth-order valence-corrected chi connectivity index (χ4v) is 1.95. The number of aromatic nitrogens is 2. The molecular weight excluding hydrogens is 260 g/mol. The summed E-state index contributed by atoms with van der Waals surface area (Å²) in [6, 6.07) is 8.87. The Morgan fingerprint density at radius 3 is 2.89 bits per heavy atom. The van der Waals surface area contributed by atoms with Gasteiger partial charge in [-0.3, -0.25) is 0 Å². The summed E-state index contributed by atoms with van der Waals surface area (Å²) in [6.07, 6.45) is 2.04. The molecule has 2 N–H and O–H groups in total. The highest BCUT2D eigenvalue weighted by Crippen LogP contribution is 2.21. The Kier molecular flexibility index (Phi) is 4.81. The van der Waals surface area contributed by atoms with Crippen LogP contribution in [-0.2, 0) is 6.54 Å². The molecule has 102 valence electrons. The van der Waals surface area contributed by atoms with Gasteiger partial charge < -0.3 is 15.1 Å². The van der Waals surface area contributed by atoms with Gasteiger partial charge in [0.05, 0.1) is 6.54 Å². The Hall–Kier alpha value is -1.53. The standard InChI is InChI=1S/C13H18N4OS/c1-9(2)14-8-12-16-17-13(18-12)15-10-5-4-6-11(7-10)19-3/h4-7,9,14H,8H2,1-3H3,(H,15,17). The van der Waals surface area contributed by atoms with Crippen LogP contribution < -0.4 is 10.6 Å². The predicted molar refractivity (Wildman–Crippen MR) is 77.8 cm³/mol. The molecule has 0 amide bonds. The van der Waals surface area contributed by atoms with E-state index in [9.17, 15) is 0 Å². The molecule has 0 saturated heterocycles. The number of hydrogen-bond donors (Lipinski definition) is 2. The van der Waals surface area contributed by atoms with Crippen LogP contribution in [0.5, 0.6) is 0 Å². The van der Waals surface area contributed by atoms with Crippen molar-refractivity contribution >= 4 is 23.5 Å². The number of anilines is 2. The van der Waals surface area contributed by atoms with E-state index in [1.165, 1.54) is 4.90 Å². The van der Waals surface area contributed by atoms with Gasteiger partial charge in [0.15, 0.2) is 0 Å². The van der Waals surface area contributed by atoms with Gasteiger partial charge in [0, 0.05) is 16.6 Å². The number of nitrogens with zero attached hydrogens (tertiary/aromatic N) is 2. The lowest BCUT2D eigenvalue weighted by molar-refractivity contribution is 0.460. The summed E-state index contributed by atoms with van der Waals surface area (Å²) in [5.74, 6) is 0.581. The van der Waals surface area contributed by atoms with Crippen molar-refractivity contribution in [2.45, 2.75) is 31.3 Å². The fraction of sp³-hybridized carbons (Fsp3) is 0.385. The van der Waals surface area contributed by atoms with Crippen LogP contribution in [0.25, 0.3) is 0 Å². The molecule has 1 aromatic carbocycles. The van der Waals surface area contributed by atoms with Crippen molar-refractivity contribution < 1.29 is 4.42 Å². The average Bonchev–Trinajstić information content (AvgIpc) is 2.84. The van der Waals surface area contributed by atoms with Crippen LogP contribution in [-0.4, -0.2) is 22.5 Å². The zero-order chi connectivity index (χ0) is 13.7. The molecule has 5 nitrogen and oxygen atoms in total. The van der Waals surface area contributed by atoms with Crippen molar-refractivity contribution in [3.63, 3.8) is 0 Å². The van der Waals surface area contributed by atoms with Gasteiger partial charge in [0.25, 0.3) is 0 Å². The minimum Gasteiger partial charge on any atom is -0.406 e. The molecule has 6 heteroatoms. The van der Waals surface area contributed by atoms with Crippen LogP contribution in [0, 0.1) is 0 Å². The molecule has 0 aliphatic carbocycles. The van der Waals surface area contributed by atoms with Gasteiger partial charge in [-0.05, 0) is 24.5 Å². The van der Waals surface area contributed by atoms with Crippen LogP contribution >= 0.6 is 11.8 Å². The normalized spacial score (nSPS) is 10.9. The maximum Gasteiger partial charge on any atom is 0.320 e. The molecule has 0 radical (unpaired) electrons. The van der Waals surface area contributed by atoms with Crippen molar-refractivity contribution in [2.24, 2.45) is 0 Å². The Balaban J connectivity index is 1.99. The third-order valence-electron chi connectivity index (χ3n) is 2.45. The molecule has 2 rings (SSSR count). The summed E-state index contributed by atoms with van der Waals surface area (Å²) in [7, 11) is 0. The molecular formula is C13H18N4OS. The van der Waals surface area contributed by atoms with E-state index in [4.69, 9.17) is 4.42 Å². The first-order valence-corrected chi connectivity index (χ1v) is 7.36. The van der Waals surface area contributed by atoms with Crippen LogP contribution in [0.15, 0.2) is 33.6 Å². The maximum absolute atomic E-state index is 5.51. The summed E-state index contributed by atoms with van der Waals surface area (Å²) in [6.45, 7) is 4.73. The first kappa shape index (κ1) is 13.9. The molecule has 0 fully saturated rings. The Morgan fingerprint density at radius 1 is 1.32 bits per heavy atom. The maximum atomic E-state index is 5.51. The molecule has 0 atom stereocenters. The lowest BCUT2D eigenvalue weighted by Gasteiger charge is -2.04. The fourth-order valence-electron chi connectivity index (χ4n) is 1.49. The molecule has 2 aromatic rings. The van der Waals surface area contributed by atoms with E-state index in [-0.39, 0.29) is 0 Å². The summed E-state index contributed by atoms with van der Waals surface area (Å²) < 4.78 is 5.51. The second kappa shape index (κ2) is 6.58. The molecule has 0 unspecified atom stereocenters. The molecule has 1 heterocycles. The Bertz CT molecular complexity index is 527. The number of thioether (sulfide) groups is 1. The summed E-state index contributed by atoms with van der Waals surface area (Å²) in [5.41, 5.74) is 0.943. The number of benzene rings is 1. The van der Waals surface area contributed by atoms with Crippen molar-refractivity contribution in [1.29, 1.82) is 0 Å². The first-order chi connectivity index (χ1) is 9.17. The van der Waals surface area contributed by atoms with E-state index >= 15 is 0 Å². The molecule has 0 aliphatic rings. The van der Waals surface area contributed by atoms with E-state index < -0.39 is 0 Å². The first-order valence-electron chi connectivity index (χ1n) is 6.14. The van der Waals surface area contributed by atoms with Crippen molar-refractivity contribution in [2.75, 3.05) is 11.6 Å². The molecule has 19 heavy (non-hydrogen) atoms. The SMILES string of the molecule is CSc1cccc(Nc2nnc(CNC(C)C)o2)c1. The highest BCUT2D eigenvalue weighted by atomic mass is 32.2. The number of nitrogens with one attached hydrogen (secondary N) is 2. The third-order valence-corrected chi connectivity index (χ3v) is 3.17. The van der Waals surface area contributed by atoms with Crippen LogP contribution in [0.3, 0.4) is 0 Å². The minimum atomic E-state index is 0.390. The van der Waals surface area contributed by atoms with E-state index in [0.717, 1.165) is 5.69 Å².